The maximum absolute atomic E-state index is 10.9. The molecule has 0 fully saturated rings. The van der Waals surface area contributed by atoms with E-state index in [1.807, 2.05) is 5.38 Å². The molecule has 0 amide bonds. The molecule has 3 N–H and O–H groups in total. The van der Waals surface area contributed by atoms with Crippen molar-refractivity contribution < 1.29 is 0 Å². The van der Waals surface area contributed by atoms with Crippen LogP contribution >= 0.6 is 11.3 Å². The number of nitrogens with zero attached hydrogens (tertiary/aromatic N) is 2. The molecule has 5 nitrogen and oxygen atoms in total. The topological polar surface area (TPSA) is 84.7 Å². The van der Waals surface area contributed by atoms with Gasteiger partial charge in [-0.1, -0.05) is 0 Å². The van der Waals surface area contributed by atoms with Crippen molar-refractivity contribution >= 4 is 17.0 Å². The zero-order valence-corrected chi connectivity index (χ0v) is 7.34. The van der Waals surface area contributed by atoms with Crippen molar-refractivity contribution in [3.05, 3.63) is 28.3 Å². The Hall–Kier alpha value is -1.69. The fraction of sp³-hybridized carbons (Fsp3) is 0. The van der Waals surface area contributed by atoms with Crippen LogP contribution in [0.5, 0.6) is 0 Å². The summed E-state index contributed by atoms with van der Waals surface area (Å²) in [4.78, 5) is 20.9. The lowest BCUT2D eigenvalue weighted by atomic mass is 10.4. The van der Waals surface area contributed by atoms with E-state index in [-0.39, 0.29) is 0 Å². The highest BCUT2D eigenvalue weighted by Gasteiger charge is 2.05. The second-order valence-corrected chi connectivity index (χ2v) is 3.25. The Morgan fingerprint density at radius 1 is 1.46 bits per heavy atom. The summed E-state index contributed by atoms with van der Waals surface area (Å²) in [5.74, 6) is 0. The molecule has 0 atom stereocenters. The Kier molecular flexibility index (Phi) is 1.82. The summed E-state index contributed by atoms with van der Waals surface area (Å²) in [6.07, 6.45) is 2.98. The molecule has 0 aromatic carbocycles. The lowest BCUT2D eigenvalue weighted by molar-refractivity contribution is 1.08. The van der Waals surface area contributed by atoms with E-state index in [0.29, 0.717) is 16.4 Å². The van der Waals surface area contributed by atoms with Crippen molar-refractivity contribution in [2.45, 2.75) is 0 Å². The largest absolute Gasteiger partial charge is 0.396 e. The molecule has 6 heteroatoms. The minimum atomic E-state index is -0.417. The number of H-pyrrole nitrogens is 1. The van der Waals surface area contributed by atoms with Crippen LogP contribution in [0.2, 0.25) is 0 Å². The molecule has 0 radical (unpaired) electrons. The summed E-state index contributed by atoms with van der Waals surface area (Å²) in [5.41, 5.74) is 6.16. The van der Waals surface area contributed by atoms with Gasteiger partial charge in [0.15, 0.2) is 0 Å². The minimum absolute atomic E-state index is 0.417. The quantitative estimate of drug-likeness (QED) is 0.691. The molecule has 2 heterocycles. The van der Waals surface area contributed by atoms with Crippen LogP contribution in [0.4, 0.5) is 5.69 Å². The van der Waals surface area contributed by atoms with Crippen LogP contribution in [0.3, 0.4) is 0 Å². The first-order valence-electron chi connectivity index (χ1n) is 3.52. The number of nitrogens with one attached hydrogen (secondary N) is 1. The Bertz CT molecular complexity index is 462. The number of rotatable bonds is 1. The predicted octanol–water partition coefficient (Wildman–Crippen LogP) is 0.476. The summed E-state index contributed by atoms with van der Waals surface area (Å²) in [6.45, 7) is 0. The van der Waals surface area contributed by atoms with Crippen molar-refractivity contribution in [2.75, 3.05) is 5.73 Å². The highest BCUT2D eigenvalue weighted by atomic mass is 32.1. The van der Waals surface area contributed by atoms with Crippen LogP contribution in [0.25, 0.3) is 10.7 Å². The molecular formula is C7H6N4OS. The molecule has 66 valence electrons. The minimum Gasteiger partial charge on any atom is -0.396 e. The predicted molar refractivity (Wildman–Crippen MR) is 50.4 cm³/mol. The molecule has 0 bridgehead atoms. The lowest BCUT2D eigenvalue weighted by Gasteiger charge is -1.98. The van der Waals surface area contributed by atoms with E-state index < -0.39 is 5.69 Å². The molecule has 13 heavy (non-hydrogen) atoms. The van der Waals surface area contributed by atoms with Gasteiger partial charge in [0.1, 0.15) is 10.7 Å². The molecule has 0 saturated heterocycles. The van der Waals surface area contributed by atoms with Gasteiger partial charge < -0.3 is 10.7 Å². The Balaban J connectivity index is 2.64. The fourth-order valence-corrected chi connectivity index (χ4v) is 1.59. The summed E-state index contributed by atoms with van der Waals surface area (Å²) in [6, 6.07) is 0. The van der Waals surface area contributed by atoms with Crippen molar-refractivity contribution in [1.29, 1.82) is 0 Å². The van der Waals surface area contributed by atoms with E-state index in [0.717, 1.165) is 0 Å². The van der Waals surface area contributed by atoms with E-state index in [4.69, 9.17) is 5.73 Å². The molecule has 2 rings (SSSR count). The smallest absolute Gasteiger partial charge is 0.345 e. The molecule has 0 aliphatic rings. The number of thiazole rings is 1. The van der Waals surface area contributed by atoms with Gasteiger partial charge in [-0.05, 0) is 0 Å². The number of nitrogen functional groups attached to an aromatic ring is 1. The normalized spacial score (nSPS) is 10.2. The van der Waals surface area contributed by atoms with Gasteiger partial charge in [-0.25, -0.2) is 9.78 Å². The van der Waals surface area contributed by atoms with Crippen LogP contribution in [-0.2, 0) is 0 Å². The third kappa shape index (κ3) is 1.43. The second kappa shape index (κ2) is 2.98. The lowest BCUT2D eigenvalue weighted by Crippen LogP contribution is -2.11. The van der Waals surface area contributed by atoms with Crippen molar-refractivity contribution in [3.8, 4) is 10.7 Å². The van der Waals surface area contributed by atoms with Gasteiger partial charge in [0, 0.05) is 11.6 Å². The van der Waals surface area contributed by atoms with E-state index >= 15 is 0 Å². The first-order chi connectivity index (χ1) is 6.27. The molecule has 0 aliphatic heterocycles. The number of hydrogen-bond acceptors (Lipinski definition) is 5. The molecular weight excluding hydrogens is 188 g/mol. The number of aromatic amines is 1. The number of aromatic nitrogens is 3. The monoisotopic (exact) mass is 194 g/mol. The SMILES string of the molecule is Nc1cnc(=O)[nH]c1-c1nccs1. The highest BCUT2D eigenvalue weighted by Crippen LogP contribution is 2.22. The standard InChI is InChI=1S/C7H6N4OS/c8-4-3-10-7(12)11-5(4)6-9-1-2-13-6/h1-3H,8H2,(H,10,11,12). The van der Waals surface area contributed by atoms with Crippen LogP contribution < -0.4 is 11.4 Å². The zero-order chi connectivity index (χ0) is 9.26. The van der Waals surface area contributed by atoms with Gasteiger partial charge in [-0.15, -0.1) is 11.3 Å². The first-order valence-corrected chi connectivity index (χ1v) is 4.40. The van der Waals surface area contributed by atoms with E-state index in [1.165, 1.54) is 17.5 Å². The van der Waals surface area contributed by atoms with Crippen molar-refractivity contribution in [1.82, 2.24) is 15.0 Å². The van der Waals surface area contributed by atoms with Crippen LogP contribution in [0.15, 0.2) is 22.6 Å². The van der Waals surface area contributed by atoms with Crippen LogP contribution in [0.1, 0.15) is 0 Å². The molecule has 2 aromatic rings. The van der Waals surface area contributed by atoms with Crippen LogP contribution in [-0.4, -0.2) is 15.0 Å². The van der Waals surface area contributed by atoms with Gasteiger partial charge in [-0.2, -0.15) is 4.98 Å². The van der Waals surface area contributed by atoms with Gasteiger partial charge in [0.25, 0.3) is 0 Å². The molecule has 0 unspecified atom stereocenters. The Labute approximate surface area is 77.3 Å². The molecule has 0 spiro atoms. The van der Waals surface area contributed by atoms with Gasteiger partial charge in [-0.3, -0.25) is 0 Å². The van der Waals surface area contributed by atoms with E-state index in [2.05, 4.69) is 15.0 Å². The summed E-state index contributed by atoms with van der Waals surface area (Å²) in [7, 11) is 0. The summed E-state index contributed by atoms with van der Waals surface area (Å²) >= 11 is 1.41. The van der Waals surface area contributed by atoms with Crippen molar-refractivity contribution in [2.24, 2.45) is 0 Å². The van der Waals surface area contributed by atoms with Gasteiger partial charge in [0.05, 0.1) is 11.9 Å². The van der Waals surface area contributed by atoms with Gasteiger partial charge in [0.2, 0.25) is 0 Å². The maximum Gasteiger partial charge on any atom is 0.345 e. The van der Waals surface area contributed by atoms with E-state index in [1.54, 1.807) is 6.20 Å². The molecule has 0 saturated carbocycles. The summed E-state index contributed by atoms with van der Waals surface area (Å²) < 4.78 is 0. The highest BCUT2D eigenvalue weighted by molar-refractivity contribution is 7.13. The number of nitrogens with two attached hydrogens (primary N) is 1. The third-order valence-electron chi connectivity index (χ3n) is 1.49. The maximum atomic E-state index is 10.9. The number of anilines is 1. The second-order valence-electron chi connectivity index (χ2n) is 2.36. The third-order valence-corrected chi connectivity index (χ3v) is 2.28. The van der Waals surface area contributed by atoms with Crippen molar-refractivity contribution in [3.63, 3.8) is 0 Å². The van der Waals surface area contributed by atoms with E-state index in [9.17, 15) is 4.79 Å². The average molecular weight is 194 g/mol. The molecule has 0 aliphatic carbocycles. The Morgan fingerprint density at radius 3 is 3.00 bits per heavy atom. The average Bonchev–Trinajstić information content (AvgIpc) is 2.61. The zero-order valence-electron chi connectivity index (χ0n) is 6.52. The first kappa shape index (κ1) is 7.93. The molecule has 2 aromatic heterocycles. The van der Waals surface area contributed by atoms with Crippen LogP contribution in [0, 0.1) is 0 Å². The Morgan fingerprint density at radius 2 is 2.31 bits per heavy atom. The summed E-state index contributed by atoms with van der Waals surface area (Å²) in [5, 5.41) is 2.50. The fourth-order valence-electron chi connectivity index (χ4n) is 0.928. The van der Waals surface area contributed by atoms with Gasteiger partial charge >= 0.3 is 5.69 Å². The number of hydrogen-bond donors (Lipinski definition) is 2.